The number of hydrogen-bond acceptors (Lipinski definition) is 4. The van der Waals surface area contributed by atoms with Crippen molar-refractivity contribution in [2.24, 2.45) is 0 Å². The second-order valence-electron chi connectivity index (χ2n) is 11.0. The lowest BCUT2D eigenvalue weighted by molar-refractivity contribution is 0.225. The Kier molecular flexibility index (Phi) is 6.03. The number of nitrogens with one attached hydrogen (secondary N) is 3. The van der Waals surface area contributed by atoms with Crippen molar-refractivity contribution in [3.8, 4) is 11.1 Å². The molecule has 41 heavy (non-hydrogen) atoms. The van der Waals surface area contributed by atoms with Crippen LogP contribution in [0.1, 0.15) is 36.3 Å². The molecule has 4 heteroatoms. The van der Waals surface area contributed by atoms with E-state index in [9.17, 15) is 0 Å². The molecule has 4 nitrogen and oxygen atoms in total. The van der Waals surface area contributed by atoms with Crippen molar-refractivity contribution in [1.29, 1.82) is 0 Å². The normalized spacial score (nSPS) is 21.0. The molecule has 1 saturated heterocycles. The molecule has 0 saturated carbocycles. The highest BCUT2D eigenvalue weighted by atomic mass is 16.3. The Balaban J connectivity index is 1.16. The summed E-state index contributed by atoms with van der Waals surface area (Å²) >= 11 is 0. The molecule has 200 valence electrons. The standard InChI is InChI=1S/C37H31N3O/c1-2-10-26(11-3-1)35-38-36(27-20-17-25(18-21-27)29-22-19-24-9-4-5-12-28(24)23-29)40-37(39-35)31-14-8-16-33-34(31)30-13-6-7-15-32(30)41-33/h2,4-23,35-40H,1,3H2. The number of rotatable bonds is 4. The van der Waals surface area contributed by atoms with Crippen molar-refractivity contribution in [3.05, 3.63) is 144 Å². The van der Waals surface area contributed by atoms with Crippen molar-refractivity contribution in [3.63, 3.8) is 0 Å². The zero-order valence-electron chi connectivity index (χ0n) is 22.7. The zero-order valence-corrected chi connectivity index (χ0v) is 22.7. The first-order valence-electron chi connectivity index (χ1n) is 14.4. The quantitative estimate of drug-likeness (QED) is 0.213. The van der Waals surface area contributed by atoms with Crippen molar-refractivity contribution in [2.45, 2.75) is 31.3 Å². The highest BCUT2D eigenvalue weighted by molar-refractivity contribution is 6.06. The first-order chi connectivity index (χ1) is 20.3. The molecular formula is C37H31N3O. The van der Waals surface area contributed by atoms with Gasteiger partial charge in [0.15, 0.2) is 0 Å². The van der Waals surface area contributed by atoms with Crippen LogP contribution in [0.3, 0.4) is 0 Å². The molecule has 0 bridgehead atoms. The molecule has 1 aliphatic carbocycles. The summed E-state index contributed by atoms with van der Waals surface area (Å²) in [6.07, 6.45) is 8.93. The molecule has 2 heterocycles. The van der Waals surface area contributed by atoms with Crippen molar-refractivity contribution in [2.75, 3.05) is 0 Å². The van der Waals surface area contributed by atoms with E-state index in [0.717, 1.165) is 34.8 Å². The smallest absolute Gasteiger partial charge is 0.135 e. The number of hydrogen-bond donors (Lipinski definition) is 3. The Morgan fingerprint density at radius 3 is 2.22 bits per heavy atom. The Morgan fingerprint density at radius 1 is 0.585 bits per heavy atom. The molecule has 1 aromatic heterocycles. The van der Waals surface area contributed by atoms with Crippen LogP contribution in [0.4, 0.5) is 0 Å². The summed E-state index contributed by atoms with van der Waals surface area (Å²) in [6, 6.07) is 38.8. The average Bonchev–Trinajstić information content (AvgIpc) is 3.44. The minimum atomic E-state index is -0.0765. The van der Waals surface area contributed by atoms with Crippen LogP contribution < -0.4 is 16.0 Å². The highest BCUT2D eigenvalue weighted by Crippen LogP contribution is 2.36. The minimum Gasteiger partial charge on any atom is -0.456 e. The third kappa shape index (κ3) is 4.47. The van der Waals surface area contributed by atoms with Crippen molar-refractivity contribution >= 4 is 32.7 Å². The monoisotopic (exact) mass is 533 g/mol. The van der Waals surface area contributed by atoms with Gasteiger partial charge in [0.25, 0.3) is 0 Å². The van der Waals surface area contributed by atoms with E-state index < -0.39 is 0 Å². The molecule has 0 spiro atoms. The highest BCUT2D eigenvalue weighted by Gasteiger charge is 2.31. The molecule has 0 amide bonds. The molecule has 3 atom stereocenters. The van der Waals surface area contributed by atoms with Crippen LogP contribution in [-0.2, 0) is 0 Å². The maximum Gasteiger partial charge on any atom is 0.135 e. The Morgan fingerprint density at radius 2 is 1.34 bits per heavy atom. The van der Waals surface area contributed by atoms with Crippen LogP contribution in [0, 0.1) is 0 Å². The lowest BCUT2D eigenvalue weighted by Gasteiger charge is -2.40. The summed E-state index contributed by atoms with van der Waals surface area (Å²) in [7, 11) is 0. The summed E-state index contributed by atoms with van der Waals surface area (Å²) in [6.45, 7) is 0. The van der Waals surface area contributed by atoms with Crippen LogP contribution in [0.15, 0.2) is 137 Å². The van der Waals surface area contributed by atoms with E-state index in [-0.39, 0.29) is 18.5 Å². The molecule has 1 aliphatic heterocycles. The fraction of sp³-hybridized carbons (Fsp3) is 0.135. The SMILES string of the molecule is C1=CC(C2NC(c3ccc(-c4ccc5ccccc5c4)cc3)NC(c3cccc4oc5ccccc5c34)N2)=CCC1. The van der Waals surface area contributed by atoms with Crippen LogP contribution >= 0.6 is 0 Å². The van der Waals surface area contributed by atoms with Crippen molar-refractivity contribution in [1.82, 2.24) is 16.0 Å². The molecule has 1 fully saturated rings. The molecule has 6 aromatic rings. The van der Waals surface area contributed by atoms with E-state index in [1.165, 1.54) is 38.6 Å². The number of allylic oxidation sites excluding steroid dienone is 2. The van der Waals surface area contributed by atoms with Gasteiger partial charge in [0, 0.05) is 10.8 Å². The van der Waals surface area contributed by atoms with Gasteiger partial charge in [-0.3, -0.25) is 16.0 Å². The third-order valence-electron chi connectivity index (χ3n) is 8.43. The van der Waals surface area contributed by atoms with Crippen LogP contribution in [0.5, 0.6) is 0 Å². The van der Waals surface area contributed by atoms with Gasteiger partial charge in [-0.05, 0) is 69.6 Å². The van der Waals surface area contributed by atoms with E-state index in [2.05, 4.69) is 131 Å². The summed E-state index contributed by atoms with van der Waals surface area (Å²) in [5.41, 5.74) is 7.95. The Hall–Kier alpha value is -4.48. The third-order valence-corrected chi connectivity index (χ3v) is 8.43. The van der Waals surface area contributed by atoms with Gasteiger partial charge in [-0.1, -0.05) is 109 Å². The largest absolute Gasteiger partial charge is 0.456 e. The average molecular weight is 534 g/mol. The molecule has 8 rings (SSSR count). The topological polar surface area (TPSA) is 49.2 Å². The number of para-hydroxylation sites is 1. The second kappa shape index (κ2) is 10.2. The van der Waals surface area contributed by atoms with Gasteiger partial charge >= 0.3 is 0 Å². The Labute approximate surface area is 239 Å². The van der Waals surface area contributed by atoms with Gasteiger partial charge in [-0.2, -0.15) is 0 Å². The maximum atomic E-state index is 6.23. The van der Waals surface area contributed by atoms with E-state index in [1.54, 1.807) is 0 Å². The molecular weight excluding hydrogens is 502 g/mol. The number of benzene rings is 5. The van der Waals surface area contributed by atoms with Crippen LogP contribution in [0.25, 0.3) is 43.8 Å². The van der Waals surface area contributed by atoms with Gasteiger partial charge in [-0.25, -0.2) is 0 Å². The van der Waals surface area contributed by atoms with Gasteiger partial charge in [-0.15, -0.1) is 0 Å². The summed E-state index contributed by atoms with van der Waals surface area (Å²) in [5.74, 6) is 0. The fourth-order valence-electron chi connectivity index (χ4n) is 6.34. The molecule has 5 aromatic carbocycles. The van der Waals surface area contributed by atoms with Gasteiger partial charge in [0.1, 0.15) is 11.2 Å². The molecule has 0 radical (unpaired) electrons. The lowest BCUT2D eigenvalue weighted by Crippen LogP contribution is -2.59. The first-order valence-corrected chi connectivity index (χ1v) is 14.4. The van der Waals surface area contributed by atoms with Gasteiger partial charge < -0.3 is 4.42 Å². The molecule has 3 unspecified atom stereocenters. The number of furan rings is 1. The van der Waals surface area contributed by atoms with E-state index in [4.69, 9.17) is 4.42 Å². The van der Waals surface area contributed by atoms with Crippen LogP contribution in [0.2, 0.25) is 0 Å². The minimum absolute atomic E-state index is 0.0105. The van der Waals surface area contributed by atoms with Crippen LogP contribution in [-0.4, -0.2) is 6.17 Å². The molecule has 3 N–H and O–H groups in total. The second-order valence-corrected chi connectivity index (χ2v) is 11.0. The van der Waals surface area contributed by atoms with Gasteiger partial charge in [0.2, 0.25) is 0 Å². The summed E-state index contributed by atoms with van der Waals surface area (Å²) < 4.78 is 6.23. The molecule has 2 aliphatic rings. The maximum absolute atomic E-state index is 6.23. The first kappa shape index (κ1) is 24.3. The fourth-order valence-corrected chi connectivity index (χ4v) is 6.34. The predicted molar refractivity (Wildman–Crippen MR) is 168 cm³/mol. The Bertz CT molecular complexity index is 1950. The van der Waals surface area contributed by atoms with Gasteiger partial charge in [0.05, 0.1) is 18.5 Å². The number of fused-ring (bicyclic) bond motifs is 4. The van der Waals surface area contributed by atoms with Crippen molar-refractivity contribution < 1.29 is 4.42 Å². The zero-order chi connectivity index (χ0) is 27.2. The predicted octanol–water partition coefficient (Wildman–Crippen LogP) is 8.49. The van der Waals surface area contributed by atoms with E-state index in [1.807, 2.05) is 12.1 Å². The van der Waals surface area contributed by atoms with E-state index >= 15 is 0 Å². The lowest BCUT2D eigenvalue weighted by atomic mass is 9.97. The summed E-state index contributed by atoms with van der Waals surface area (Å²) in [5, 5.41) is 16.4. The summed E-state index contributed by atoms with van der Waals surface area (Å²) in [4.78, 5) is 0. The van der Waals surface area contributed by atoms with E-state index in [0.29, 0.717) is 0 Å².